The summed E-state index contributed by atoms with van der Waals surface area (Å²) in [4.78, 5) is 2.54. The molecule has 1 heterocycles. The number of rotatable bonds is 6. The van der Waals surface area contributed by atoms with E-state index in [-0.39, 0.29) is 0 Å². The van der Waals surface area contributed by atoms with Crippen molar-refractivity contribution in [3.05, 3.63) is 28.8 Å². The van der Waals surface area contributed by atoms with E-state index in [0.29, 0.717) is 6.04 Å². The van der Waals surface area contributed by atoms with E-state index in [1.165, 1.54) is 18.4 Å². The molecule has 1 aromatic carbocycles. The highest BCUT2D eigenvalue weighted by atomic mass is 35.5. The number of nitrogens with zero attached hydrogens (tertiary/aromatic N) is 1. The van der Waals surface area contributed by atoms with E-state index in [1.807, 2.05) is 18.2 Å². The van der Waals surface area contributed by atoms with Gasteiger partial charge in [-0.1, -0.05) is 18.5 Å². The van der Waals surface area contributed by atoms with Crippen LogP contribution in [0.3, 0.4) is 0 Å². The first-order chi connectivity index (χ1) is 9.24. The van der Waals surface area contributed by atoms with Gasteiger partial charge in [-0.3, -0.25) is 4.90 Å². The minimum atomic E-state index is 0.628. The van der Waals surface area contributed by atoms with Crippen molar-refractivity contribution < 1.29 is 4.74 Å². The predicted molar refractivity (Wildman–Crippen MR) is 80.0 cm³/mol. The summed E-state index contributed by atoms with van der Waals surface area (Å²) in [6, 6.07) is 6.48. The Hall–Kier alpha value is -0.770. The number of halogens is 1. The monoisotopic (exact) mass is 282 g/mol. The van der Waals surface area contributed by atoms with E-state index in [4.69, 9.17) is 16.3 Å². The van der Waals surface area contributed by atoms with Gasteiger partial charge in [0.15, 0.2) is 0 Å². The van der Waals surface area contributed by atoms with Crippen LogP contribution in [-0.4, -0.2) is 37.7 Å². The van der Waals surface area contributed by atoms with Crippen LogP contribution in [0.1, 0.15) is 25.3 Å². The van der Waals surface area contributed by atoms with Crippen molar-refractivity contribution in [1.29, 1.82) is 0 Å². The Balaban J connectivity index is 2.13. The standard InChI is InChI=1S/C15H23ClN2O/c1-3-8-18(14-6-7-17-10-14)11-12-9-13(16)4-5-15(12)19-2/h4-5,9,14,17H,3,6-8,10-11H2,1-2H3. The lowest BCUT2D eigenvalue weighted by Crippen LogP contribution is -2.37. The molecule has 1 saturated heterocycles. The quantitative estimate of drug-likeness (QED) is 0.868. The van der Waals surface area contributed by atoms with Gasteiger partial charge < -0.3 is 10.1 Å². The number of methoxy groups -OCH3 is 1. The Labute approximate surface area is 120 Å². The molecule has 4 heteroatoms. The molecule has 1 atom stereocenters. The predicted octanol–water partition coefficient (Wildman–Crippen LogP) is 2.92. The van der Waals surface area contributed by atoms with Gasteiger partial charge in [-0.05, 0) is 44.1 Å². The average Bonchev–Trinajstić information content (AvgIpc) is 2.92. The lowest BCUT2D eigenvalue weighted by atomic mass is 10.1. The van der Waals surface area contributed by atoms with Crippen LogP contribution in [0.2, 0.25) is 5.02 Å². The van der Waals surface area contributed by atoms with E-state index in [1.54, 1.807) is 7.11 Å². The molecule has 0 aliphatic carbocycles. The molecule has 0 aromatic heterocycles. The van der Waals surface area contributed by atoms with E-state index in [9.17, 15) is 0 Å². The van der Waals surface area contributed by atoms with Gasteiger partial charge in [0.2, 0.25) is 0 Å². The summed E-state index contributed by atoms with van der Waals surface area (Å²) >= 11 is 6.11. The first-order valence-corrected chi connectivity index (χ1v) is 7.39. The highest BCUT2D eigenvalue weighted by Gasteiger charge is 2.22. The maximum atomic E-state index is 6.11. The van der Waals surface area contributed by atoms with E-state index < -0.39 is 0 Å². The average molecular weight is 283 g/mol. The highest BCUT2D eigenvalue weighted by molar-refractivity contribution is 6.30. The summed E-state index contributed by atoms with van der Waals surface area (Å²) in [5, 5.41) is 4.21. The Morgan fingerprint density at radius 3 is 2.95 bits per heavy atom. The molecule has 0 radical (unpaired) electrons. The molecule has 3 nitrogen and oxygen atoms in total. The fourth-order valence-corrected chi connectivity index (χ4v) is 2.91. The van der Waals surface area contributed by atoms with Gasteiger partial charge in [0.05, 0.1) is 7.11 Å². The van der Waals surface area contributed by atoms with E-state index >= 15 is 0 Å². The van der Waals surface area contributed by atoms with Gasteiger partial charge in [0.1, 0.15) is 5.75 Å². The van der Waals surface area contributed by atoms with Gasteiger partial charge in [0.25, 0.3) is 0 Å². The molecule has 2 rings (SSSR count). The fourth-order valence-electron chi connectivity index (χ4n) is 2.72. The molecule has 1 N–H and O–H groups in total. The molecular formula is C15H23ClN2O. The third-order valence-electron chi connectivity index (χ3n) is 3.68. The number of benzene rings is 1. The maximum Gasteiger partial charge on any atom is 0.123 e. The van der Waals surface area contributed by atoms with Crippen LogP contribution in [0.25, 0.3) is 0 Å². The summed E-state index contributed by atoms with van der Waals surface area (Å²) in [7, 11) is 1.72. The summed E-state index contributed by atoms with van der Waals surface area (Å²) < 4.78 is 5.44. The molecular weight excluding hydrogens is 260 g/mol. The van der Waals surface area contributed by atoms with Gasteiger partial charge in [-0.2, -0.15) is 0 Å². The summed E-state index contributed by atoms with van der Waals surface area (Å²) in [5.41, 5.74) is 1.18. The minimum Gasteiger partial charge on any atom is -0.496 e. The zero-order chi connectivity index (χ0) is 13.7. The number of nitrogens with one attached hydrogen (secondary N) is 1. The van der Waals surface area contributed by atoms with Crippen LogP contribution in [0, 0.1) is 0 Å². The molecule has 1 fully saturated rings. The zero-order valence-corrected chi connectivity index (χ0v) is 12.5. The summed E-state index contributed by atoms with van der Waals surface area (Å²) in [5.74, 6) is 0.927. The fraction of sp³-hybridized carbons (Fsp3) is 0.600. The minimum absolute atomic E-state index is 0.628. The molecule has 1 aromatic rings. The summed E-state index contributed by atoms with van der Waals surface area (Å²) in [6.07, 6.45) is 2.39. The molecule has 0 spiro atoms. The largest absolute Gasteiger partial charge is 0.496 e. The Kier molecular flexibility index (Phi) is 5.49. The topological polar surface area (TPSA) is 24.5 Å². The normalized spacial score (nSPS) is 19.1. The van der Waals surface area contributed by atoms with Crippen molar-refractivity contribution in [2.75, 3.05) is 26.7 Å². The Bertz CT molecular complexity index is 405. The second-order valence-corrected chi connectivity index (χ2v) is 5.51. The second kappa shape index (κ2) is 7.13. The lowest BCUT2D eigenvalue weighted by Gasteiger charge is -2.28. The van der Waals surface area contributed by atoms with Crippen molar-refractivity contribution in [1.82, 2.24) is 10.2 Å². The molecule has 1 aliphatic heterocycles. The third-order valence-corrected chi connectivity index (χ3v) is 3.91. The van der Waals surface area contributed by atoms with Crippen LogP contribution in [0.15, 0.2) is 18.2 Å². The first kappa shape index (κ1) is 14.6. The van der Waals surface area contributed by atoms with Crippen molar-refractivity contribution in [3.63, 3.8) is 0 Å². The molecule has 106 valence electrons. The van der Waals surface area contributed by atoms with Crippen molar-refractivity contribution in [2.45, 2.75) is 32.4 Å². The van der Waals surface area contributed by atoms with Crippen molar-refractivity contribution in [2.24, 2.45) is 0 Å². The first-order valence-electron chi connectivity index (χ1n) is 7.01. The maximum absolute atomic E-state index is 6.11. The number of hydrogen-bond acceptors (Lipinski definition) is 3. The molecule has 1 unspecified atom stereocenters. The van der Waals surface area contributed by atoms with Gasteiger partial charge >= 0.3 is 0 Å². The molecule has 0 bridgehead atoms. The van der Waals surface area contributed by atoms with Gasteiger partial charge in [0, 0.05) is 29.7 Å². The van der Waals surface area contributed by atoms with Gasteiger partial charge in [-0.25, -0.2) is 0 Å². The van der Waals surface area contributed by atoms with E-state index in [0.717, 1.165) is 37.0 Å². The highest BCUT2D eigenvalue weighted by Crippen LogP contribution is 2.25. The van der Waals surface area contributed by atoms with Crippen LogP contribution < -0.4 is 10.1 Å². The zero-order valence-electron chi connectivity index (χ0n) is 11.8. The van der Waals surface area contributed by atoms with Crippen LogP contribution in [0.4, 0.5) is 0 Å². The molecule has 1 aliphatic rings. The summed E-state index contributed by atoms with van der Waals surface area (Å²) in [6.45, 7) is 6.46. The SMILES string of the molecule is CCCN(Cc1cc(Cl)ccc1OC)C1CCNC1. The Morgan fingerprint density at radius 2 is 2.32 bits per heavy atom. The second-order valence-electron chi connectivity index (χ2n) is 5.07. The third kappa shape index (κ3) is 3.85. The lowest BCUT2D eigenvalue weighted by molar-refractivity contribution is 0.197. The van der Waals surface area contributed by atoms with Crippen LogP contribution in [-0.2, 0) is 6.54 Å². The van der Waals surface area contributed by atoms with Crippen molar-refractivity contribution in [3.8, 4) is 5.75 Å². The van der Waals surface area contributed by atoms with Gasteiger partial charge in [-0.15, -0.1) is 0 Å². The van der Waals surface area contributed by atoms with Crippen LogP contribution >= 0.6 is 11.6 Å². The van der Waals surface area contributed by atoms with E-state index in [2.05, 4.69) is 17.1 Å². The van der Waals surface area contributed by atoms with Crippen molar-refractivity contribution >= 4 is 11.6 Å². The number of hydrogen-bond donors (Lipinski definition) is 1. The number of ether oxygens (including phenoxy) is 1. The Morgan fingerprint density at radius 1 is 1.47 bits per heavy atom. The smallest absolute Gasteiger partial charge is 0.123 e. The van der Waals surface area contributed by atoms with Crippen LogP contribution in [0.5, 0.6) is 5.75 Å². The molecule has 0 saturated carbocycles. The molecule has 0 amide bonds. The molecule has 19 heavy (non-hydrogen) atoms.